The van der Waals surface area contributed by atoms with Crippen LogP contribution in [0.3, 0.4) is 0 Å². The van der Waals surface area contributed by atoms with Gasteiger partial charge in [0.05, 0.1) is 9.70 Å². The van der Waals surface area contributed by atoms with Crippen molar-refractivity contribution in [1.29, 1.82) is 0 Å². The molecule has 0 aliphatic carbocycles. The maximum absolute atomic E-state index is 12.0. The molecule has 1 aliphatic rings. The topological polar surface area (TPSA) is 69.6 Å². The molecule has 7 heteroatoms. The molecule has 1 saturated heterocycles. The number of nitrogens with zero attached hydrogens (tertiary/aromatic N) is 1. The Morgan fingerprint density at radius 3 is 3.00 bits per heavy atom. The first-order chi connectivity index (χ1) is 9.08. The predicted molar refractivity (Wildman–Crippen MR) is 76.2 cm³/mol. The minimum absolute atomic E-state index is 0.191. The summed E-state index contributed by atoms with van der Waals surface area (Å²) in [5.41, 5.74) is 1.03. The van der Waals surface area contributed by atoms with Crippen LogP contribution in [-0.2, 0) is 11.3 Å². The Labute approximate surface area is 123 Å². The van der Waals surface area contributed by atoms with Crippen molar-refractivity contribution in [3.05, 3.63) is 20.8 Å². The lowest BCUT2D eigenvalue weighted by Crippen LogP contribution is -2.46. The molecule has 2 N–H and O–H groups in total. The Hall–Kier alpha value is -1.08. The van der Waals surface area contributed by atoms with Gasteiger partial charge in [0.25, 0.3) is 0 Å². The minimum atomic E-state index is -0.821. The summed E-state index contributed by atoms with van der Waals surface area (Å²) in [7, 11) is 0. The molecule has 1 aromatic rings. The summed E-state index contributed by atoms with van der Waals surface area (Å²) in [6.45, 7) is 1.38. The number of carbonyl (C=O) groups is 2. The maximum atomic E-state index is 12.0. The Bertz CT molecular complexity index is 477. The summed E-state index contributed by atoms with van der Waals surface area (Å²) in [6.07, 6.45) is 1.39. The number of carbonyl (C=O) groups excluding carboxylic acids is 1. The average Bonchev–Trinajstić information content (AvgIpc) is 2.81. The van der Waals surface area contributed by atoms with Crippen LogP contribution in [0.15, 0.2) is 15.2 Å². The van der Waals surface area contributed by atoms with E-state index in [1.165, 1.54) is 0 Å². The van der Waals surface area contributed by atoms with Crippen LogP contribution in [-0.4, -0.2) is 35.1 Å². The van der Waals surface area contributed by atoms with Crippen molar-refractivity contribution >= 4 is 39.3 Å². The van der Waals surface area contributed by atoms with Crippen LogP contribution < -0.4 is 5.32 Å². The molecule has 1 unspecified atom stereocenters. The highest BCUT2D eigenvalue weighted by molar-refractivity contribution is 9.11. The average molecular weight is 347 g/mol. The van der Waals surface area contributed by atoms with Crippen molar-refractivity contribution in [2.24, 2.45) is 5.92 Å². The third-order valence-electron chi connectivity index (χ3n) is 3.18. The molecule has 1 fully saturated rings. The molecule has 0 saturated carbocycles. The van der Waals surface area contributed by atoms with Crippen molar-refractivity contribution in [3.63, 3.8) is 0 Å². The van der Waals surface area contributed by atoms with Crippen molar-refractivity contribution < 1.29 is 14.7 Å². The summed E-state index contributed by atoms with van der Waals surface area (Å²) in [6, 6.07) is 1.76. The number of likely N-dealkylation sites (tertiary alicyclic amines) is 1. The molecule has 0 aromatic carbocycles. The molecular weight excluding hydrogens is 332 g/mol. The number of carboxylic acid groups (broad SMARTS) is 1. The number of hydrogen-bond donors (Lipinski definition) is 2. The van der Waals surface area contributed by atoms with Crippen molar-refractivity contribution in [2.45, 2.75) is 19.4 Å². The van der Waals surface area contributed by atoms with Crippen LogP contribution >= 0.6 is 27.3 Å². The van der Waals surface area contributed by atoms with Gasteiger partial charge in [0.15, 0.2) is 0 Å². The van der Waals surface area contributed by atoms with E-state index in [2.05, 4.69) is 21.2 Å². The summed E-state index contributed by atoms with van der Waals surface area (Å²) in [5, 5.41) is 13.8. The number of nitrogens with one attached hydrogen (secondary N) is 1. The molecule has 0 radical (unpaired) electrons. The quantitative estimate of drug-likeness (QED) is 0.883. The molecule has 104 valence electrons. The molecule has 1 atom stereocenters. The second-order valence-electron chi connectivity index (χ2n) is 4.50. The summed E-state index contributed by atoms with van der Waals surface area (Å²) >= 11 is 4.99. The largest absolute Gasteiger partial charge is 0.481 e. The van der Waals surface area contributed by atoms with Gasteiger partial charge in [-0.2, -0.15) is 0 Å². The van der Waals surface area contributed by atoms with E-state index in [0.717, 1.165) is 15.8 Å². The standard InChI is InChI=1S/C12H15BrN2O3S/c13-10-8(3-5-19-10)6-14-12(18)15-4-1-2-9(7-15)11(16)17/h3,5,9H,1-2,4,6-7H2,(H,14,18)(H,16,17). The Balaban J connectivity index is 1.86. The molecule has 0 spiro atoms. The predicted octanol–water partition coefficient (Wildman–Crippen LogP) is 2.52. The van der Waals surface area contributed by atoms with Gasteiger partial charge in [0, 0.05) is 19.6 Å². The number of carboxylic acids is 1. The van der Waals surface area contributed by atoms with E-state index in [0.29, 0.717) is 26.1 Å². The lowest BCUT2D eigenvalue weighted by atomic mass is 9.99. The number of aliphatic carboxylic acids is 1. The van der Waals surface area contributed by atoms with Gasteiger partial charge in [0.1, 0.15) is 0 Å². The molecule has 1 aromatic heterocycles. The summed E-state index contributed by atoms with van der Waals surface area (Å²) in [4.78, 5) is 24.5. The van der Waals surface area contributed by atoms with E-state index in [-0.39, 0.29) is 6.03 Å². The maximum Gasteiger partial charge on any atom is 0.317 e. The Morgan fingerprint density at radius 2 is 2.37 bits per heavy atom. The number of amides is 2. The molecule has 1 aliphatic heterocycles. The molecule has 0 bridgehead atoms. The molecule has 19 heavy (non-hydrogen) atoms. The van der Waals surface area contributed by atoms with Gasteiger partial charge in [-0.1, -0.05) is 0 Å². The number of thiophene rings is 1. The molecule has 2 rings (SSSR count). The fraction of sp³-hybridized carbons (Fsp3) is 0.500. The Kier molecular flexibility index (Phi) is 4.81. The second-order valence-corrected chi connectivity index (χ2v) is 6.74. The third-order valence-corrected chi connectivity index (χ3v) is 4.99. The lowest BCUT2D eigenvalue weighted by Gasteiger charge is -2.30. The zero-order valence-corrected chi connectivity index (χ0v) is 12.7. The van der Waals surface area contributed by atoms with Crippen LogP contribution in [0.4, 0.5) is 4.79 Å². The second kappa shape index (κ2) is 6.38. The van der Waals surface area contributed by atoms with Crippen molar-refractivity contribution in [2.75, 3.05) is 13.1 Å². The monoisotopic (exact) mass is 346 g/mol. The van der Waals surface area contributed by atoms with Gasteiger partial charge in [-0.25, -0.2) is 4.79 Å². The van der Waals surface area contributed by atoms with Crippen LogP contribution in [0.2, 0.25) is 0 Å². The van der Waals surface area contributed by atoms with Crippen molar-refractivity contribution in [3.8, 4) is 0 Å². The number of hydrogen-bond acceptors (Lipinski definition) is 3. The fourth-order valence-electron chi connectivity index (χ4n) is 2.09. The van der Waals surface area contributed by atoms with Crippen LogP contribution in [0.1, 0.15) is 18.4 Å². The smallest absolute Gasteiger partial charge is 0.317 e. The number of urea groups is 1. The van der Waals surface area contributed by atoms with E-state index in [9.17, 15) is 9.59 Å². The first-order valence-electron chi connectivity index (χ1n) is 6.05. The zero-order chi connectivity index (χ0) is 13.8. The number of rotatable bonds is 3. The van der Waals surface area contributed by atoms with Gasteiger partial charge in [0.2, 0.25) is 0 Å². The lowest BCUT2D eigenvalue weighted by molar-refractivity contribution is -0.143. The number of piperidine rings is 1. The first-order valence-corrected chi connectivity index (χ1v) is 7.72. The van der Waals surface area contributed by atoms with Gasteiger partial charge in [-0.3, -0.25) is 4.79 Å². The molecule has 2 amide bonds. The summed E-state index contributed by atoms with van der Waals surface area (Å²) in [5.74, 6) is -1.26. The molecule has 2 heterocycles. The third kappa shape index (κ3) is 3.70. The van der Waals surface area contributed by atoms with E-state index < -0.39 is 11.9 Å². The van der Waals surface area contributed by atoms with E-state index in [4.69, 9.17) is 5.11 Å². The van der Waals surface area contributed by atoms with E-state index in [1.807, 2.05) is 11.4 Å². The zero-order valence-electron chi connectivity index (χ0n) is 10.3. The van der Waals surface area contributed by atoms with Crippen LogP contribution in [0.5, 0.6) is 0 Å². The minimum Gasteiger partial charge on any atom is -0.481 e. The highest BCUT2D eigenvalue weighted by atomic mass is 79.9. The first kappa shape index (κ1) is 14.3. The van der Waals surface area contributed by atoms with Crippen LogP contribution in [0, 0.1) is 5.92 Å². The van der Waals surface area contributed by atoms with Crippen molar-refractivity contribution in [1.82, 2.24) is 10.2 Å². The molecule has 5 nitrogen and oxygen atoms in total. The fourth-order valence-corrected chi connectivity index (χ4v) is 3.33. The highest BCUT2D eigenvalue weighted by Gasteiger charge is 2.27. The summed E-state index contributed by atoms with van der Waals surface area (Å²) < 4.78 is 1.01. The highest BCUT2D eigenvalue weighted by Crippen LogP contribution is 2.23. The Morgan fingerprint density at radius 1 is 1.58 bits per heavy atom. The van der Waals surface area contributed by atoms with Gasteiger partial charge >= 0.3 is 12.0 Å². The van der Waals surface area contributed by atoms with Crippen LogP contribution in [0.25, 0.3) is 0 Å². The van der Waals surface area contributed by atoms with Gasteiger partial charge in [-0.15, -0.1) is 11.3 Å². The van der Waals surface area contributed by atoms with E-state index in [1.54, 1.807) is 16.2 Å². The SMILES string of the molecule is O=C(O)C1CCCN(C(=O)NCc2ccsc2Br)C1. The van der Waals surface area contributed by atoms with Gasteiger partial charge in [-0.05, 0) is 45.8 Å². The normalized spacial score (nSPS) is 19.2. The molecular formula is C12H15BrN2O3S. The van der Waals surface area contributed by atoms with E-state index >= 15 is 0 Å². The van der Waals surface area contributed by atoms with Gasteiger partial charge < -0.3 is 15.3 Å². The number of halogens is 1.